The standard InChI is InChI=1S/C22H29N3O3S/c1-3-21(18-7-11-23-12-8-18)25(2)22(26)24-19-6-4-5-17(15-19)16-29(27)20-9-13-28-14-10-20/h4-8,11-12,15,20-21H,3,9-10,13-14,16H2,1-2H3,(H,24,26)/t21-,29-/m1/s1. The molecule has 0 radical (unpaired) electrons. The van der Waals surface area contributed by atoms with Crippen molar-refractivity contribution in [1.82, 2.24) is 9.88 Å². The second kappa shape index (κ2) is 10.5. The molecule has 2 atom stereocenters. The van der Waals surface area contributed by atoms with Gasteiger partial charge in [0.1, 0.15) is 0 Å². The Labute approximate surface area is 175 Å². The Balaban J connectivity index is 1.62. The van der Waals surface area contributed by atoms with Gasteiger partial charge in [-0.3, -0.25) is 9.19 Å². The Morgan fingerprint density at radius 2 is 2.00 bits per heavy atom. The van der Waals surface area contributed by atoms with Gasteiger partial charge < -0.3 is 15.0 Å². The van der Waals surface area contributed by atoms with Crippen LogP contribution < -0.4 is 5.32 Å². The summed E-state index contributed by atoms with van der Waals surface area (Å²) in [6.45, 7) is 3.44. The number of carbonyl (C=O) groups excluding carboxylic acids is 1. The van der Waals surface area contributed by atoms with Gasteiger partial charge in [-0.05, 0) is 54.7 Å². The zero-order chi connectivity index (χ0) is 20.6. The smallest absolute Gasteiger partial charge is 0.322 e. The average molecular weight is 416 g/mol. The Hall–Kier alpha value is -2.25. The summed E-state index contributed by atoms with van der Waals surface area (Å²) in [6, 6.07) is 11.3. The van der Waals surface area contributed by atoms with Crippen LogP contribution in [0.5, 0.6) is 0 Å². The third-order valence-corrected chi connectivity index (χ3v) is 7.13. The van der Waals surface area contributed by atoms with Crippen LogP contribution in [-0.4, -0.2) is 45.6 Å². The SMILES string of the molecule is CC[C@H](c1ccncc1)N(C)C(=O)Nc1cccc(C[S@@](=O)C2CCOCC2)c1. The lowest BCUT2D eigenvalue weighted by molar-refractivity contribution is 0.0992. The molecule has 1 aromatic heterocycles. The molecule has 1 N–H and O–H groups in total. The summed E-state index contributed by atoms with van der Waals surface area (Å²) in [5.74, 6) is 0.499. The van der Waals surface area contributed by atoms with Gasteiger partial charge in [0.25, 0.3) is 0 Å². The summed E-state index contributed by atoms with van der Waals surface area (Å²) in [7, 11) is 0.870. The zero-order valence-electron chi connectivity index (χ0n) is 17.0. The lowest BCUT2D eigenvalue weighted by atomic mass is 10.1. The number of benzene rings is 1. The number of carbonyl (C=O) groups is 1. The third-order valence-electron chi connectivity index (χ3n) is 5.29. The summed E-state index contributed by atoms with van der Waals surface area (Å²) in [5.41, 5.74) is 2.74. The highest BCUT2D eigenvalue weighted by atomic mass is 32.2. The van der Waals surface area contributed by atoms with E-state index >= 15 is 0 Å². The van der Waals surface area contributed by atoms with Crippen LogP contribution in [0.15, 0.2) is 48.8 Å². The molecule has 0 saturated carbocycles. The van der Waals surface area contributed by atoms with Gasteiger partial charge in [0.05, 0.1) is 6.04 Å². The highest BCUT2D eigenvalue weighted by molar-refractivity contribution is 7.84. The number of nitrogens with zero attached hydrogens (tertiary/aromatic N) is 2. The molecule has 1 fully saturated rings. The molecular formula is C22H29N3O3S. The molecule has 2 aromatic rings. The minimum atomic E-state index is -0.930. The van der Waals surface area contributed by atoms with Crippen LogP contribution in [-0.2, 0) is 21.3 Å². The fraction of sp³-hybridized carbons (Fsp3) is 0.455. The Morgan fingerprint density at radius 1 is 1.28 bits per heavy atom. The van der Waals surface area contributed by atoms with Crippen LogP contribution in [0.4, 0.5) is 10.5 Å². The molecule has 0 bridgehead atoms. The van der Waals surface area contributed by atoms with Gasteiger partial charge in [-0.2, -0.15) is 0 Å². The highest BCUT2D eigenvalue weighted by Crippen LogP contribution is 2.24. The Kier molecular flexibility index (Phi) is 7.77. The van der Waals surface area contributed by atoms with E-state index < -0.39 is 10.8 Å². The molecule has 0 unspecified atom stereocenters. The predicted molar refractivity (Wildman–Crippen MR) is 116 cm³/mol. The van der Waals surface area contributed by atoms with Crippen molar-refractivity contribution in [2.24, 2.45) is 0 Å². The highest BCUT2D eigenvalue weighted by Gasteiger charge is 2.22. The van der Waals surface area contributed by atoms with Crippen molar-refractivity contribution in [2.45, 2.75) is 43.2 Å². The number of urea groups is 1. The van der Waals surface area contributed by atoms with E-state index in [4.69, 9.17) is 4.74 Å². The number of anilines is 1. The topological polar surface area (TPSA) is 71.5 Å². The molecule has 1 aliphatic rings. The number of ether oxygens (including phenoxy) is 1. The molecular weight excluding hydrogens is 386 g/mol. The first-order valence-corrected chi connectivity index (χ1v) is 11.4. The molecule has 7 heteroatoms. The molecule has 156 valence electrons. The van der Waals surface area contributed by atoms with E-state index in [1.165, 1.54) is 0 Å². The number of aromatic nitrogens is 1. The number of hydrogen-bond acceptors (Lipinski definition) is 4. The first-order valence-electron chi connectivity index (χ1n) is 10.1. The van der Waals surface area contributed by atoms with Crippen LogP contribution >= 0.6 is 0 Å². The molecule has 0 aliphatic carbocycles. The minimum absolute atomic E-state index is 0.0257. The molecule has 6 nitrogen and oxygen atoms in total. The normalized spacial score (nSPS) is 16.8. The maximum absolute atomic E-state index is 12.8. The second-order valence-electron chi connectivity index (χ2n) is 7.28. The van der Waals surface area contributed by atoms with Gasteiger partial charge in [-0.25, -0.2) is 4.79 Å². The number of rotatable bonds is 7. The molecule has 2 heterocycles. The van der Waals surface area contributed by atoms with Crippen LogP contribution in [0, 0.1) is 0 Å². The summed E-state index contributed by atoms with van der Waals surface area (Å²) in [5, 5.41) is 3.17. The van der Waals surface area contributed by atoms with Crippen LogP contribution in [0.25, 0.3) is 0 Å². The van der Waals surface area contributed by atoms with E-state index in [-0.39, 0.29) is 17.3 Å². The maximum atomic E-state index is 12.8. The fourth-order valence-electron chi connectivity index (χ4n) is 3.63. The van der Waals surface area contributed by atoms with E-state index in [0.29, 0.717) is 24.7 Å². The molecule has 1 saturated heterocycles. The Morgan fingerprint density at radius 3 is 2.69 bits per heavy atom. The van der Waals surface area contributed by atoms with E-state index in [0.717, 1.165) is 30.4 Å². The first kappa shape index (κ1) is 21.5. The van der Waals surface area contributed by atoms with Gasteiger partial charge in [-0.1, -0.05) is 19.1 Å². The number of hydrogen-bond donors (Lipinski definition) is 1. The lowest BCUT2D eigenvalue weighted by Crippen LogP contribution is -2.34. The average Bonchev–Trinajstić information content (AvgIpc) is 2.76. The summed E-state index contributed by atoms with van der Waals surface area (Å²) in [4.78, 5) is 18.6. The fourth-order valence-corrected chi connectivity index (χ4v) is 5.09. The van der Waals surface area contributed by atoms with Crippen molar-refractivity contribution in [1.29, 1.82) is 0 Å². The van der Waals surface area contributed by atoms with Crippen molar-refractivity contribution < 1.29 is 13.7 Å². The Bertz CT molecular complexity index is 825. The quantitative estimate of drug-likeness (QED) is 0.738. The molecule has 0 spiro atoms. The predicted octanol–water partition coefficient (Wildman–Crippen LogP) is 4.12. The summed E-state index contributed by atoms with van der Waals surface area (Å²) >= 11 is 0. The van der Waals surface area contributed by atoms with Crippen LogP contribution in [0.3, 0.4) is 0 Å². The zero-order valence-corrected chi connectivity index (χ0v) is 17.9. The van der Waals surface area contributed by atoms with E-state index in [2.05, 4.69) is 17.2 Å². The maximum Gasteiger partial charge on any atom is 0.322 e. The first-order chi connectivity index (χ1) is 14.1. The monoisotopic (exact) mass is 415 g/mol. The van der Waals surface area contributed by atoms with Crippen molar-refractivity contribution >= 4 is 22.5 Å². The molecule has 3 rings (SSSR count). The van der Waals surface area contributed by atoms with Crippen LogP contribution in [0.1, 0.15) is 43.4 Å². The van der Waals surface area contributed by atoms with E-state index in [1.54, 1.807) is 24.3 Å². The minimum Gasteiger partial charge on any atom is -0.381 e. The van der Waals surface area contributed by atoms with Crippen molar-refractivity contribution in [3.63, 3.8) is 0 Å². The van der Waals surface area contributed by atoms with Gasteiger partial charge in [0, 0.05) is 60.1 Å². The molecule has 2 amide bonds. The number of nitrogens with one attached hydrogen (secondary N) is 1. The molecule has 29 heavy (non-hydrogen) atoms. The van der Waals surface area contributed by atoms with Gasteiger partial charge >= 0.3 is 6.03 Å². The van der Waals surface area contributed by atoms with Crippen molar-refractivity contribution in [3.8, 4) is 0 Å². The number of amides is 2. The molecule has 1 aromatic carbocycles. The third kappa shape index (κ3) is 5.87. The van der Waals surface area contributed by atoms with E-state index in [1.807, 2.05) is 36.4 Å². The van der Waals surface area contributed by atoms with Crippen molar-refractivity contribution in [2.75, 3.05) is 25.6 Å². The van der Waals surface area contributed by atoms with Gasteiger partial charge in [0.2, 0.25) is 0 Å². The van der Waals surface area contributed by atoms with E-state index in [9.17, 15) is 9.00 Å². The summed E-state index contributed by atoms with van der Waals surface area (Å²) in [6.07, 6.45) is 5.98. The van der Waals surface area contributed by atoms with Gasteiger partial charge in [0.15, 0.2) is 0 Å². The van der Waals surface area contributed by atoms with Gasteiger partial charge in [-0.15, -0.1) is 0 Å². The van der Waals surface area contributed by atoms with Crippen LogP contribution in [0.2, 0.25) is 0 Å². The summed E-state index contributed by atoms with van der Waals surface area (Å²) < 4.78 is 18.0. The largest absolute Gasteiger partial charge is 0.381 e. The second-order valence-corrected chi connectivity index (χ2v) is 9.00. The lowest BCUT2D eigenvalue weighted by Gasteiger charge is -2.28. The number of pyridine rings is 1. The van der Waals surface area contributed by atoms with Crippen molar-refractivity contribution in [3.05, 3.63) is 59.9 Å². The molecule has 1 aliphatic heterocycles.